The minimum absolute atomic E-state index is 0.0898. The molecular formula is C21H26FN3O2. The molecule has 1 N–H and O–H groups in total. The van der Waals surface area contributed by atoms with Crippen molar-refractivity contribution in [1.82, 2.24) is 4.90 Å². The first-order valence-corrected chi connectivity index (χ1v) is 9.21. The van der Waals surface area contributed by atoms with E-state index in [4.69, 9.17) is 4.74 Å². The number of carbonyl (C=O) groups is 1. The molecule has 0 aliphatic carbocycles. The van der Waals surface area contributed by atoms with Gasteiger partial charge in [0.1, 0.15) is 5.82 Å². The van der Waals surface area contributed by atoms with Gasteiger partial charge in [0.15, 0.2) is 0 Å². The predicted octanol–water partition coefficient (Wildman–Crippen LogP) is 3.12. The van der Waals surface area contributed by atoms with Crippen LogP contribution in [0.25, 0.3) is 0 Å². The summed E-state index contributed by atoms with van der Waals surface area (Å²) in [6.45, 7) is 5.60. The number of morpholine rings is 1. The first-order valence-electron chi connectivity index (χ1n) is 9.21. The Morgan fingerprint density at radius 2 is 1.93 bits per heavy atom. The number of likely N-dealkylation sites (N-methyl/N-ethyl adjacent to an activating group) is 1. The maximum atomic E-state index is 13.3. The summed E-state index contributed by atoms with van der Waals surface area (Å²) in [4.78, 5) is 16.7. The number of hydrogen-bond acceptors (Lipinski definition) is 4. The molecule has 1 aliphatic rings. The molecule has 1 atom stereocenters. The Morgan fingerprint density at radius 1 is 1.22 bits per heavy atom. The molecule has 0 unspecified atom stereocenters. The largest absolute Gasteiger partial charge is 0.378 e. The highest BCUT2D eigenvalue weighted by atomic mass is 19.1. The maximum absolute atomic E-state index is 13.3. The molecule has 1 saturated heterocycles. The van der Waals surface area contributed by atoms with Crippen LogP contribution < -0.4 is 10.2 Å². The van der Waals surface area contributed by atoms with Gasteiger partial charge in [-0.3, -0.25) is 9.69 Å². The van der Waals surface area contributed by atoms with Crippen LogP contribution in [0, 0.1) is 5.82 Å². The van der Waals surface area contributed by atoms with E-state index in [1.54, 1.807) is 6.07 Å². The lowest BCUT2D eigenvalue weighted by Crippen LogP contribution is -2.39. The molecule has 0 aromatic heterocycles. The fourth-order valence-corrected chi connectivity index (χ4v) is 3.08. The number of benzene rings is 2. The molecule has 1 aliphatic heterocycles. The quantitative estimate of drug-likeness (QED) is 0.847. The Morgan fingerprint density at radius 3 is 2.59 bits per heavy atom. The number of carbonyl (C=O) groups excluding carboxylic acids is 1. The highest BCUT2D eigenvalue weighted by Gasteiger charge is 2.19. The van der Waals surface area contributed by atoms with Crippen molar-refractivity contribution in [2.24, 2.45) is 0 Å². The summed E-state index contributed by atoms with van der Waals surface area (Å²) in [5, 5.41) is 2.95. The molecule has 6 heteroatoms. The van der Waals surface area contributed by atoms with Crippen molar-refractivity contribution >= 4 is 17.3 Å². The third kappa shape index (κ3) is 5.28. The van der Waals surface area contributed by atoms with Crippen molar-refractivity contribution in [3.8, 4) is 0 Å². The average Bonchev–Trinajstić information content (AvgIpc) is 2.68. The van der Waals surface area contributed by atoms with Crippen LogP contribution in [0.2, 0.25) is 0 Å². The van der Waals surface area contributed by atoms with Gasteiger partial charge in [0.2, 0.25) is 5.91 Å². The number of nitrogens with one attached hydrogen (secondary N) is 1. The normalized spacial score (nSPS) is 15.6. The molecule has 1 heterocycles. The molecule has 3 rings (SSSR count). The van der Waals surface area contributed by atoms with Crippen LogP contribution in [0.3, 0.4) is 0 Å². The third-order valence-corrected chi connectivity index (χ3v) is 4.87. The summed E-state index contributed by atoms with van der Waals surface area (Å²) < 4.78 is 18.7. The Balaban J connectivity index is 1.55. The number of nitrogens with zero attached hydrogens (tertiary/aromatic N) is 2. The van der Waals surface area contributed by atoms with Crippen molar-refractivity contribution in [2.75, 3.05) is 43.6 Å². The van der Waals surface area contributed by atoms with Gasteiger partial charge in [-0.25, -0.2) is 4.39 Å². The van der Waals surface area contributed by atoms with Gasteiger partial charge in [0.25, 0.3) is 0 Å². The Kier molecular flexibility index (Phi) is 6.42. The average molecular weight is 371 g/mol. The van der Waals surface area contributed by atoms with Crippen molar-refractivity contribution < 1.29 is 13.9 Å². The SMILES string of the molecule is C[C@@H](C(=O)Nc1ccc(N2CCOCC2)cc1)N(C)Cc1cccc(F)c1. The first-order chi connectivity index (χ1) is 13.0. The van der Waals surface area contributed by atoms with Gasteiger partial charge in [0.05, 0.1) is 19.3 Å². The fourth-order valence-electron chi connectivity index (χ4n) is 3.08. The summed E-state index contributed by atoms with van der Waals surface area (Å²) in [7, 11) is 1.86. The summed E-state index contributed by atoms with van der Waals surface area (Å²) in [6, 6.07) is 14.0. The molecule has 0 saturated carbocycles. The van der Waals surface area contributed by atoms with Gasteiger partial charge in [-0.15, -0.1) is 0 Å². The fraction of sp³-hybridized carbons (Fsp3) is 0.381. The second kappa shape index (κ2) is 8.97. The zero-order valence-corrected chi connectivity index (χ0v) is 15.8. The van der Waals surface area contributed by atoms with Crippen LogP contribution in [0.1, 0.15) is 12.5 Å². The van der Waals surface area contributed by atoms with Crippen molar-refractivity contribution in [2.45, 2.75) is 19.5 Å². The van der Waals surface area contributed by atoms with E-state index in [9.17, 15) is 9.18 Å². The minimum Gasteiger partial charge on any atom is -0.378 e. The second-order valence-corrected chi connectivity index (χ2v) is 6.86. The molecule has 0 spiro atoms. The van der Waals surface area contributed by atoms with Crippen LogP contribution in [0.15, 0.2) is 48.5 Å². The van der Waals surface area contributed by atoms with Gasteiger partial charge in [0, 0.05) is 31.0 Å². The van der Waals surface area contributed by atoms with E-state index >= 15 is 0 Å². The number of ether oxygens (including phenoxy) is 1. The number of hydrogen-bond donors (Lipinski definition) is 1. The summed E-state index contributed by atoms with van der Waals surface area (Å²) >= 11 is 0. The Hall–Kier alpha value is -2.44. The highest BCUT2D eigenvalue weighted by molar-refractivity contribution is 5.94. The first kappa shape index (κ1) is 19.3. The molecule has 0 bridgehead atoms. The van der Waals surface area contributed by atoms with Crippen molar-refractivity contribution in [3.63, 3.8) is 0 Å². The van der Waals surface area contributed by atoms with E-state index in [1.807, 2.05) is 49.2 Å². The van der Waals surface area contributed by atoms with E-state index in [1.165, 1.54) is 12.1 Å². The van der Waals surface area contributed by atoms with Crippen LogP contribution >= 0.6 is 0 Å². The summed E-state index contributed by atoms with van der Waals surface area (Å²) in [5.41, 5.74) is 2.74. The van der Waals surface area contributed by atoms with Crippen LogP contribution in [0.4, 0.5) is 15.8 Å². The van der Waals surface area contributed by atoms with E-state index in [-0.39, 0.29) is 17.8 Å². The molecule has 5 nitrogen and oxygen atoms in total. The lowest BCUT2D eigenvalue weighted by Gasteiger charge is -2.29. The monoisotopic (exact) mass is 371 g/mol. The maximum Gasteiger partial charge on any atom is 0.241 e. The predicted molar refractivity (Wildman–Crippen MR) is 105 cm³/mol. The Labute approximate surface area is 159 Å². The second-order valence-electron chi connectivity index (χ2n) is 6.86. The van der Waals surface area contributed by atoms with Gasteiger partial charge in [-0.1, -0.05) is 12.1 Å². The molecule has 0 radical (unpaired) electrons. The lowest BCUT2D eigenvalue weighted by molar-refractivity contribution is -0.120. The number of anilines is 2. The van der Waals surface area contributed by atoms with Gasteiger partial charge in [-0.05, 0) is 55.9 Å². The van der Waals surface area contributed by atoms with Crippen molar-refractivity contribution in [3.05, 3.63) is 59.9 Å². The van der Waals surface area contributed by atoms with Crippen LogP contribution in [-0.2, 0) is 16.1 Å². The summed E-state index contributed by atoms with van der Waals surface area (Å²) in [5.74, 6) is -0.355. The molecule has 144 valence electrons. The zero-order valence-electron chi connectivity index (χ0n) is 15.8. The minimum atomic E-state index is -0.341. The lowest BCUT2D eigenvalue weighted by atomic mass is 10.1. The van der Waals surface area contributed by atoms with Crippen molar-refractivity contribution in [1.29, 1.82) is 0 Å². The van der Waals surface area contributed by atoms with Gasteiger partial charge >= 0.3 is 0 Å². The zero-order chi connectivity index (χ0) is 19.2. The molecular weight excluding hydrogens is 345 g/mol. The smallest absolute Gasteiger partial charge is 0.241 e. The van der Waals surface area contributed by atoms with Gasteiger partial charge < -0.3 is 15.0 Å². The molecule has 1 amide bonds. The molecule has 27 heavy (non-hydrogen) atoms. The van der Waals surface area contributed by atoms with Crippen LogP contribution in [-0.4, -0.2) is 50.2 Å². The number of amides is 1. The Bertz CT molecular complexity index is 760. The third-order valence-electron chi connectivity index (χ3n) is 4.87. The van der Waals surface area contributed by atoms with Gasteiger partial charge in [-0.2, -0.15) is 0 Å². The molecule has 2 aromatic carbocycles. The molecule has 1 fully saturated rings. The van der Waals surface area contributed by atoms with E-state index in [0.29, 0.717) is 6.54 Å². The van der Waals surface area contributed by atoms with Crippen LogP contribution in [0.5, 0.6) is 0 Å². The molecule has 2 aromatic rings. The number of rotatable bonds is 6. The standard InChI is InChI=1S/C21H26FN3O2/c1-16(24(2)15-17-4-3-5-18(22)14-17)21(26)23-19-6-8-20(9-7-19)25-10-12-27-13-11-25/h3-9,14,16H,10-13,15H2,1-2H3,(H,23,26)/t16-/m0/s1. The number of halogens is 1. The topological polar surface area (TPSA) is 44.8 Å². The highest BCUT2D eigenvalue weighted by Crippen LogP contribution is 2.19. The van der Waals surface area contributed by atoms with E-state index in [2.05, 4.69) is 10.2 Å². The van der Waals surface area contributed by atoms with E-state index < -0.39 is 0 Å². The van der Waals surface area contributed by atoms with E-state index in [0.717, 1.165) is 43.2 Å². The summed E-state index contributed by atoms with van der Waals surface area (Å²) in [6.07, 6.45) is 0.